The van der Waals surface area contributed by atoms with Crippen LogP contribution in [0.1, 0.15) is 20.8 Å². The summed E-state index contributed by atoms with van der Waals surface area (Å²) in [6, 6.07) is 5.31. The summed E-state index contributed by atoms with van der Waals surface area (Å²) < 4.78 is 5.11. The first-order valence-electron chi connectivity index (χ1n) is 5.80. The number of hydrogen-bond donors (Lipinski definition) is 3. The highest BCUT2D eigenvalue weighted by Gasteiger charge is 2.13. The molecule has 0 radical (unpaired) electrons. The summed E-state index contributed by atoms with van der Waals surface area (Å²) in [6.07, 6.45) is 0. The number of carbonyl (C=O) groups excluding carboxylic acids is 1. The van der Waals surface area contributed by atoms with Gasteiger partial charge < -0.3 is 21.1 Å². The Balaban J connectivity index is 2.56. The lowest BCUT2D eigenvalue weighted by Gasteiger charge is -2.20. The minimum atomic E-state index is -0.225. The molecule has 1 amide bonds. The van der Waals surface area contributed by atoms with Gasteiger partial charge >= 0.3 is 0 Å². The fourth-order valence-electron chi connectivity index (χ4n) is 1.47. The van der Waals surface area contributed by atoms with Gasteiger partial charge in [0.15, 0.2) is 0 Å². The zero-order valence-electron chi connectivity index (χ0n) is 11.3. The van der Waals surface area contributed by atoms with E-state index in [2.05, 4.69) is 10.6 Å². The zero-order valence-corrected chi connectivity index (χ0v) is 11.3. The van der Waals surface area contributed by atoms with E-state index < -0.39 is 0 Å². The van der Waals surface area contributed by atoms with Crippen molar-refractivity contribution in [1.29, 1.82) is 0 Å². The second kappa shape index (κ2) is 5.62. The van der Waals surface area contributed by atoms with Gasteiger partial charge in [-0.05, 0) is 32.9 Å². The van der Waals surface area contributed by atoms with Gasteiger partial charge in [-0.1, -0.05) is 0 Å². The van der Waals surface area contributed by atoms with Crippen molar-refractivity contribution < 1.29 is 9.53 Å². The minimum Gasteiger partial charge on any atom is -0.495 e. The number of anilines is 2. The molecule has 1 rings (SSSR count). The molecule has 0 aliphatic rings. The SMILES string of the molecule is COc1cc(NCC(=O)NC(C)(C)C)ccc1N. The van der Waals surface area contributed by atoms with Crippen LogP contribution in [0.15, 0.2) is 18.2 Å². The zero-order chi connectivity index (χ0) is 13.8. The van der Waals surface area contributed by atoms with E-state index in [0.717, 1.165) is 5.69 Å². The number of nitrogens with one attached hydrogen (secondary N) is 2. The number of methoxy groups -OCH3 is 1. The Morgan fingerprint density at radius 2 is 2.06 bits per heavy atom. The van der Waals surface area contributed by atoms with Crippen LogP contribution >= 0.6 is 0 Å². The Hall–Kier alpha value is -1.91. The van der Waals surface area contributed by atoms with E-state index in [-0.39, 0.29) is 18.0 Å². The average Bonchev–Trinajstić information content (AvgIpc) is 2.25. The van der Waals surface area contributed by atoms with Crippen molar-refractivity contribution in [2.75, 3.05) is 24.7 Å². The molecule has 100 valence electrons. The summed E-state index contributed by atoms with van der Waals surface area (Å²) in [5.41, 5.74) is 6.85. The van der Waals surface area contributed by atoms with Gasteiger partial charge in [-0.3, -0.25) is 4.79 Å². The van der Waals surface area contributed by atoms with Crippen molar-refractivity contribution in [3.05, 3.63) is 18.2 Å². The molecule has 18 heavy (non-hydrogen) atoms. The van der Waals surface area contributed by atoms with Crippen molar-refractivity contribution in [2.45, 2.75) is 26.3 Å². The Morgan fingerprint density at radius 3 is 2.61 bits per heavy atom. The van der Waals surface area contributed by atoms with E-state index in [1.807, 2.05) is 26.8 Å². The largest absolute Gasteiger partial charge is 0.495 e. The second-order valence-corrected chi connectivity index (χ2v) is 5.11. The van der Waals surface area contributed by atoms with Gasteiger partial charge in [-0.25, -0.2) is 0 Å². The third kappa shape index (κ3) is 4.53. The molecule has 1 aromatic carbocycles. The summed E-state index contributed by atoms with van der Waals surface area (Å²) in [7, 11) is 1.56. The molecule has 0 aromatic heterocycles. The molecule has 1 aromatic rings. The van der Waals surface area contributed by atoms with Gasteiger partial charge in [-0.15, -0.1) is 0 Å². The van der Waals surface area contributed by atoms with Crippen LogP contribution in [0.25, 0.3) is 0 Å². The van der Waals surface area contributed by atoms with Crippen LogP contribution in [-0.4, -0.2) is 25.1 Å². The lowest BCUT2D eigenvalue weighted by atomic mass is 10.1. The predicted molar refractivity (Wildman–Crippen MR) is 73.8 cm³/mol. The molecule has 5 heteroatoms. The highest BCUT2D eigenvalue weighted by Crippen LogP contribution is 2.24. The molecule has 0 saturated heterocycles. The number of hydrogen-bond acceptors (Lipinski definition) is 4. The van der Waals surface area contributed by atoms with Crippen molar-refractivity contribution in [3.63, 3.8) is 0 Å². The lowest BCUT2D eigenvalue weighted by Crippen LogP contribution is -2.43. The Labute approximate surface area is 108 Å². The second-order valence-electron chi connectivity index (χ2n) is 5.11. The highest BCUT2D eigenvalue weighted by molar-refractivity contribution is 5.81. The van der Waals surface area contributed by atoms with E-state index in [4.69, 9.17) is 10.5 Å². The minimum absolute atomic E-state index is 0.0571. The van der Waals surface area contributed by atoms with Crippen LogP contribution in [0.3, 0.4) is 0 Å². The van der Waals surface area contributed by atoms with Gasteiger partial charge in [-0.2, -0.15) is 0 Å². The first-order chi connectivity index (χ1) is 8.31. The number of nitrogens with two attached hydrogens (primary N) is 1. The number of amides is 1. The van der Waals surface area contributed by atoms with Crippen LogP contribution in [0.5, 0.6) is 5.75 Å². The maximum atomic E-state index is 11.6. The number of rotatable bonds is 4. The van der Waals surface area contributed by atoms with Gasteiger partial charge in [0.05, 0.1) is 19.3 Å². The Kier molecular flexibility index (Phi) is 4.42. The predicted octanol–water partition coefficient (Wildman–Crippen LogP) is 1.60. The smallest absolute Gasteiger partial charge is 0.239 e. The Morgan fingerprint density at radius 1 is 1.39 bits per heavy atom. The van der Waals surface area contributed by atoms with Gasteiger partial charge in [0.1, 0.15) is 5.75 Å². The summed E-state index contributed by atoms with van der Waals surface area (Å²) in [6.45, 7) is 6.04. The number of benzene rings is 1. The third-order valence-electron chi connectivity index (χ3n) is 2.20. The maximum Gasteiger partial charge on any atom is 0.239 e. The molecular weight excluding hydrogens is 230 g/mol. The highest BCUT2D eigenvalue weighted by atomic mass is 16.5. The molecule has 0 aliphatic heterocycles. The van der Waals surface area contributed by atoms with Crippen LogP contribution in [0.2, 0.25) is 0 Å². The molecule has 0 unspecified atom stereocenters. The molecule has 5 nitrogen and oxygen atoms in total. The summed E-state index contributed by atoms with van der Waals surface area (Å²) in [5.74, 6) is 0.537. The maximum absolute atomic E-state index is 11.6. The van der Waals surface area contributed by atoms with Crippen LogP contribution in [-0.2, 0) is 4.79 Å². The average molecular weight is 251 g/mol. The van der Waals surface area contributed by atoms with Crippen LogP contribution < -0.4 is 21.1 Å². The monoisotopic (exact) mass is 251 g/mol. The summed E-state index contributed by atoms with van der Waals surface area (Å²) in [5, 5.41) is 5.89. The topological polar surface area (TPSA) is 76.4 Å². The summed E-state index contributed by atoms with van der Waals surface area (Å²) in [4.78, 5) is 11.6. The van der Waals surface area contributed by atoms with E-state index in [1.165, 1.54) is 0 Å². The quantitative estimate of drug-likeness (QED) is 0.710. The first-order valence-corrected chi connectivity index (χ1v) is 5.80. The molecule has 0 aliphatic carbocycles. The normalized spacial score (nSPS) is 10.9. The molecule has 0 bridgehead atoms. The van der Waals surface area contributed by atoms with Gasteiger partial charge in [0, 0.05) is 17.3 Å². The van der Waals surface area contributed by atoms with Crippen LogP contribution in [0.4, 0.5) is 11.4 Å². The van der Waals surface area contributed by atoms with Gasteiger partial charge in [0.2, 0.25) is 5.91 Å². The number of nitrogen functional groups attached to an aromatic ring is 1. The molecule has 4 N–H and O–H groups in total. The first kappa shape index (κ1) is 14.2. The van der Waals surface area contributed by atoms with E-state index in [0.29, 0.717) is 11.4 Å². The lowest BCUT2D eigenvalue weighted by molar-refractivity contribution is -0.120. The summed E-state index contributed by atoms with van der Waals surface area (Å²) >= 11 is 0. The molecular formula is C13H21N3O2. The Bertz CT molecular complexity index is 425. The van der Waals surface area contributed by atoms with E-state index in [9.17, 15) is 4.79 Å². The fourth-order valence-corrected chi connectivity index (χ4v) is 1.47. The molecule has 0 spiro atoms. The van der Waals surface area contributed by atoms with E-state index in [1.54, 1.807) is 19.2 Å². The van der Waals surface area contributed by atoms with Crippen molar-refractivity contribution in [1.82, 2.24) is 5.32 Å². The van der Waals surface area contributed by atoms with E-state index >= 15 is 0 Å². The van der Waals surface area contributed by atoms with Gasteiger partial charge in [0.25, 0.3) is 0 Å². The number of carbonyl (C=O) groups is 1. The molecule has 0 atom stereocenters. The third-order valence-corrected chi connectivity index (χ3v) is 2.20. The molecule has 0 saturated carbocycles. The standard InChI is InChI=1S/C13H21N3O2/c1-13(2,3)16-12(17)8-15-9-5-6-10(14)11(7-9)18-4/h5-7,15H,8,14H2,1-4H3,(H,16,17). The molecule has 0 heterocycles. The van der Waals surface area contributed by atoms with Crippen LogP contribution in [0, 0.1) is 0 Å². The van der Waals surface area contributed by atoms with Crippen molar-refractivity contribution >= 4 is 17.3 Å². The number of ether oxygens (including phenoxy) is 1. The van der Waals surface area contributed by atoms with Crippen molar-refractivity contribution in [3.8, 4) is 5.75 Å². The molecule has 0 fully saturated rings. The van der Waals surface area contributed by atoms with Crippen molar-refractivity contribution in [2.24, 2.45) is 0 Å². The fraction of sp³-hybridized carbons (Fsp3) is 0.462.